The monoisotopic (exact) mass is 317 g/mol. The van der Waals surface area contributed by atoms with Crippen LogP contribution in [0.1, 0.15) is 38.8 Å². The highest BCUT2D eigenvalue weighted by Crippen LogP contribution is 2.26. The van der Waals surface area contributed by atoms with Gasteiger partial charge < -0.3 is 10.1 Å². The summed E-state index contributed by atoms with van der Waals surface area (Å²) in [5.41, 5.74) is 0.699. The summed E-state index contributed by atoms with van der Waals surface area (Å²) in [5.74, 6) is 0.338. The predicted molar refractivity (Wildman–Crippen MR) is 82.9 cm³/mol. The van der Waals surface area contributed by atoms with Crippen LogP contribution in [-0.2, 0) is 9.84 Å². The Labute approximate surface area is 126 Å². The molecule has 120 valence electrons. The lowest BCUT2D eigenvalue weighted by Gasteiger charge is -2.18. The Balaban J connectivity index is 2.74. The summed E-state index contributed by atoms with van der Waals surface area (Å²) >= 11 is 0. The van der Waals surface area contributed by atoms with Crippen LogP contribution in [-0.4, -0.2) is 33.1 Å². The van der Waals surface area contributed by atoms with Gasteiger partial charge in [0.1, 0.15) is 18.2 Å². The molecule has 0 fully saturated rings. The molecule has 0 saturated heterocycles. The van der Waals surface area contributed by atoms with E-state index < -0.39 is 9.84 Å². The van der Waals surface area contributed by atoms with Gasteiger partial charge >= 0.3 is 0 Å². The highest BCUT2D eigenvalue weighted by Gasteiger charge is 2.14. The molecule has 0 aliphatic carbocycles. The summed E-state index contributed by atoms with van der Waals surface area (Å²) in [7, 11) is -3.07. The Morgan fingerprint density at radius 2 is 2.00 bits per heavy atom. The number of ether oxygens (including phenoxy) is 1. The summed E-state index contributed by atoms with van der Waals surface area (Å²) in [6, 6.07) is 4.22. The lowest BCUT2D eigenvalue weighted by atomic mass is 10.1. The van der Waals surface area contributed by atoms with Gasteiger partial charge in [0.15, 0.2) is 9.84 Å². The topological polar surface area (TPSA) is 55.4 Å². The molecule has 0 saturated carbocycles. The molecule has 1 aromatic rings. The molecule has 21 heavy (non-hydrogen) atoms. The third-order valence-electron chi connectivity index (χ3n) is 3.12. The van der Waals surface area contributed by atoms with E-state index in [2.05, 4.69) is 5.32 Å². The Morgan fingerprint density at radius 1 is 1.29 bits per heavy atom. The van der Waals surface area contributed by atoms with Crippen molar-refractivity contribution in [3.63, 3.8) is 0 Å². The van der Waals surface area contributed by atoms with Crippen molar-refractivity contribution in [3.8, 4) is 5.75 Å². The van der Waals surface area contributed by atoms with Crippen molar-refractivity contribution in [2.75, 3.05) is 24.7 Å². The first-order chi connectivity index (χ1) is 9.89. The lowest BCUT2D eigenvalue weighted by Crippen LogP contribution is -2.20. The van der Waals surface area contributed by atoms with Crippen molar-refractivity contribution in [1.82, 2.24) is 5.32 Å². The van der Waals surface area contributed by atoms with Gasteiger partial charge in [-0.1, -0.05) is 13.8 Å². The van der Waals surface area contributed by atoms with Gasteiger partial charge in [0, 0.05) is 11.6 Å². The minimum absolute atomic E-state index is 0.0206. The fraction of sp³-hybridized carbons (Fsp3) is 0.600. The van der Waals surface area contributed by atoms with Gasteiger partial charge in [-0.25, -0.2) is 12.8 Å². The third kappa shape index (κ3) is 6.01. The van der Waals surface area contributed by atoms with Gasteiger partial charge in [0.05, 0.1) is 11.5 Å². The molecule has 0 aliphatic rings. The standard InChI is InChI=1S/C15H24FNO3S/c1-4-9-21(18,19)10-8-20-15-7-6-13(16)11-14(15)12(3)17-5-2/h6-7,11-12,17H,4-5,8-10H2,1-3H3. The fourth-order valence-electron chi connectivity index (χ4n) is 2.10. The van der Waals surface area contributed by atoms with Crippen LogP contribution in [0.3, 0.4) is 0 Å². The molecule has 4 nitrogen and oxygen atoms in total. The van der Waals surface area contributed by atoms with Gasteiger partial charge in [-0.3, -0.25) is 0 Å². The van der Waals surface area contributed by atoms with E-state index in [1.54, 1.807) is 6.07 Å². The molecule has 6 heteroatoms. The first-order valence-corrected chi connectivity index (χ1v) is 9.07. The van der Waals surface area contributed by atoms with E-state index >= 15 is 0 Å². The van der Waals surface area contributed by atoms with E-state index in [9.17, 15) is 12.8 Å². The molecule has 0 amide bonds. The summed E-state index contributed by atoms with van der Waals surface area (Å²) < 4.78 is 42.2. The molecule has 0 heterocycles. The highest BCUT2D eigenvalue weighted by molar-refractivity contribution is 7.91. The molecule has 1 atom stereocenters. The average Bonchev–Trinajstić information content (AvgIpc) is 2.40. The second-order valence-electron chi connectivity index (χ2n) is 4.96. The summed E-state index contributed by atoms with van der Waals surface area (Å²) in [4.78, 5) is 0. The first kappa shape index (κ1) is 17.9. The molecule has 0 aliphatic heterocycles. The van der Waals surface area contributed by atoms with E-state index in [-0.39, 0.29) is 30.0 Å². The van der Waals surface area contributed by atoms with Crippen LogP contribution in [0.2, 0.25) is 0 Å². The predicted octanol–water partition coefficient (Wildman–Crippen LogP) is 2.70. The van der Waals surface area contributed by atoms with Gasteiger partial charge in [-0.15, -0.1) is 0 Å². The maximum Gasteiger partial charge on any atom is 0.153 e. The van der Waals surface area contributed by atoms with Crippen molar-refractivity contribution >= 4 is 9.84 Å². The number of sulfone groups is 1. The Morgan fingerprint density at radius 3 is 2.62 bits per heavy atom. The average molecular weight is 317 g/mol. The minimum atomic E-state index is -3.07. The molecular weight excluding hydrogens is 293 g/mol. The quantitative estimate of drug-likeness (QED) is 0.761. The maximum absolute atomic E-state index is 13.4. The Kier molecular flexibility index (Phi) is 7.11. The number of rotatable bonds is 9. The van der Waals surface area contributed by atoms with Crippen molar-refractivity contribution in [3.05, 3.63) is 29.6 Å². The fourth-order valence-corrected chi connectivity index (χ4v) is 3.26. The zero-order valence-electron chi connectivity index (χ0n) is 12.9. The normalized spacial score (nSPS) is 13.1. The zero-order chi connectivity index (χ0) is 15.9. The van der Waals surface area contributed by atoms with Crippen LogP contribution in [0, 0.1) is 5.82 Å². The van der Waals surface area contributed by atoms with Crippen LogP contribution in [0.5, 0.6) is 5.75 Å². The smallest absolute Gasteiger partial charge is 0.153 e. The zero-order valence-corrected chi connectivity index (χ0v) is 13.7. The third-order valence-corrected chi connectivity index (χ3v) is 4.93. The largest absolute Gasteiger partial charge is 0.492 e. The van der Waals surface area contributed by atoms with Crippen molar-refractivity contribution in [1.29, 1.82) is 0 Å². The Hall–Kier alpha value is -1.14. The second kappa shape index (κ2) is 8.34. The van der Waals surface area contributed by atoms with E-state index in [0.29, 0.717) is 17.7 Å². The molecule has 1 unspecified atom stereocenters. The van der Waals surface area contributed by atoms with E-state index in [0.717, 1.165) is 6.54 Å². The van der Waals surface area contributed by atoms with Crippen molar-refractivity contribution in [2.24, 2.45) is 0 Å². The number of halogens is 1. The summed E-state index contributed by atoms with van der Waals surface area (Å²) in [6.07, 6.45) is 0.599. The van der Waals surface area contributed by atoms with Crippen molar-refractivity contribution < 1.29 is 17.5 Å². The van der Waals surface area contributed by atoms with Crippen LogP contribution < -0.4 is 10.1 Å². The first-order valence-electron chi connectivity index (χ1n) is 7.25. The number of hydrogen-bond acceptors (Lipinski definition) is 4. The molecular formula is C15H24FNO3S. The summed E-state index contributed by atoms with van der Waals surface area (Å²) in [5, 5.41) is 3.19. The number of nitrogens with one attached hydrogen (secondary N) is 1. The van der Waals surface area contributed by atoms with Gasteiger partial charge in [0.2, 0.25) is 0 Å². The molecule has 0 spiro atoms. The van der Waals surface area contributed by atoms with Crippen molar-refractivity contribution in [2.45, 2.75) is 33.2 Å². The molecule has 0 radical (unpaired) electrons. The number of hydrogen-bond donors (Lipinski definition) is 1. The van der Waals surface area contributed by atoms with Crippen LogP contribution >= 0.6 is 0 Å². The maximum atomic E-state index is 13.4. The van der Waals surface area contributed by atoms with E-state index in [4.69, 9.17) is 4.74 Å². The second-order valence-corrected chi connectivity index (χ2v) is 7.27. The molecule has 1 rings (SSSR count). The van der Waals surface area contributed by atoms with Crippen LogP contribution in [0.4, 0.5) is 4.39 Å². The van der Waals surface area contributed by atoms with E-state index in [1.165, 1.54) is 12.1 Å². The minimum Gasteiger partial charge on any atom is -0.492 e. The SMILES string of the molecule is CCCS(=O)(=O)CCOc1ccc(F)cc1C(C)NCC. The molecule has 0 aromatic heterocycles. The van der Waals surface area contributed by atoms with Gasteiger partial charge in [-0.05, 0) is 38.1 Å². The molecule has 1 aromatic carbocycles. The van der Waals surface area contributed by atoms with Gasteiger partial charge in [0.25, 0.3) is 0 Å². The lowest BCUT2D eigenvalue weighted by molar-refractivity contribution is 0.332. The Bertz CT molecular complexity index is 546. The van der Waals surface area contributed by atoms with E-state index in [1.807, 2.05) is 20.8 Å². The highest BCUT2D eigenvalue weighted by atomic mass is 32.2. The molecule has 1 N–H and O–H groups in total. The molecule has 0 bridgehead atoms. The van der Waals surface area contributed by atoms with Gasteiger partial charge in [-0.2, -0.15) is 0 Å². The van der Waals surface area contributed by atoms with Crippen LogP contribution in [0.25, 0.3) is 0 Å². The summed E-state index contributed by atoms with van der Waals surface area (Å²) in [6.45, 7) is 6.54. The number of benzene rings is 1. The van der Waals surface area contributed by atoms with Crippen LogP contribution in [0.15, 0.2) is 18.2 Å².